The highest BCUT2D eigenvalue weighted by Crippen LogP contribution is 2.34. The molecule has 0 aromatic heterocycles. The third-order valence-corrected chi connectivity index (χ3v) is 6.10. The van der Waals surface area contributed by atoms with Gasteiger partial charge in [-0.3, -0.25) is 9.69 Å². The molecule has 2 saturated heterocycles. The van der Waals surface area contributed by atoms with Crippen LogP contribution in [0.1, 0.15) is 30.9 Å². The number of amides is 1. The molecule has 3 rings (SSSR count). The number of benzene rings is 1. The number of nitrogens with one attached hydrogen (secondary N) is 1. The molecule has 0 radical (unpaired) electrons. The van der Waals surface area contributed by atoms with Crippen LogP contribution in [0.2, 0.25) is 0 Å². The number of aliphatic carboxylic acids is 1. The largest absolute Gasteiger partial charge is 0.481 e. The average Bonchev–Trinajstić information content (AvgIpc) is 3.25. The number of carbonyl (C=O) groups is 2. The molecule has 32 heavy (non-hydrogen) atoms. The van der Waals surface area contributed by atoms with Crippen molar-refractivity contribution < 1.29 is 32.6 Å². The van der Waals surface area contributed by atoms with Crippen LogP contribution in [-0.2, 0) is 16.1 Å². The minimum absolute atomic E-state index is 0.115. The van der Waals surface area contributed by atoms with Crippen molar-refractivity contribution in [3.63, 3.8) is 0 Å². The molecule has 2 aliphatic rings. The van der Waals surface area contributed by atoms with Crippen molar-refractivity contribution in [1.82, 2.24) is 9.80 Å². The Hall–Kier alpha value is -2.49. The standard InChI is InChI=1S/C22H30F3N3O4/c1-14-5-6-16(19(8-14)26-7-3-4-20(29)30)9-27-10-17-12-28(13-18(17)11-27)21(31)32-15(2)22(23,24)25/h5-6,8,15,17-18,26H,3-4,7,9-13H2,1-2H3,(H,29,30). The zero-order chi connectivity index (χ0) is 23.5. The Labute approximate surface area is 185 Å². The van der Waals surface area contributed by atoms with E-state index >= 15 is 0 Å². The molecule has 0 aliphatic carbocycles. The second-order valence-corrected chi connectivity index (χ2v) is 8.77. The number of rotatable bonds is 8. The second-order valence-electron chi connectivity index (χ2n) is 8.77. The van der Waals surface area contributed by atoms with Gasteiger partial charge in [-0.25, -0.2) is 4.79 Å². The summed E-state index contributed by atoms with van der Waals surface area (Å²) in [6.07, 6.45) is -6.92. The van der Waals surface area contributed by atoms with Gasteiger partial charge in [0.1, 0.15) is 0 Å². The molecule has 2 heterocycles. The number of ether oxygens (including phenoxy) is 1. The van der Waals surface area contributed by atoms with Crippen molar-refractivity contribution >= 4 is 17.7 Å². The fourth-order valence-corrected chi connectivity index (χ4v) is 4.36. The summed E-state index contributed by atoms with van der Waals surface area (Å²) in [7, 11) is 0. The summed E-state index contributed by atoms with van der Waals surface area (Å²) in [6.45, 7) is 6.44. The first-order chi connectivity index (χ1) is 15.0. The number of halogens is 3. The number of nitrogens with zero attached hydrogens (tertiary/aromatic N) is 2. The maximum Gasteiger partial charge on any atom is 0.425 e. The van der Waals surface area contributed by atoms with Crippen LogP contribution in [0.15, 0.2) is 18.2 Å². The van der Waals surface area contributed by atoms with Crippen LogP contribution in [0.4, 0.5) is 23.7 Å². The summed E-state index contributed by atoms with van der Waals surface area (Å²) in [4.78, 5) is 26.5. The summed E-state index contributed by atoms with van der Waals surface area (Å²) in [6, 6.07) is 6.14. The molecule has 1 aromatic carbocycles. The topological polar surface area (TPSA) is 82.1 Å². The first kappa shape index (κ1) is 24.2. The fraction of sp³-hybridized carbons (Fsp3) is 0.636. The Morgan fingerprint density at radius 1 is 1.22 bits per heavy atom. The summed E-state index contributed by atoms with van der Waals surface area (Å²) in [5.74, 6) is -0.395. The number of carboxylic acid groups (broad SMARTS) is 1. The maximum absolute atomic E-state index is 12.6. The van der Waals surface area contributed by atoms with Gasteiger partial charge in [-0.05, 0) is 49.3 Å². The van der Waals surface area contributed by atoms with Gasteiger partial charge in [0.2, 0.25) is 0 Å². The first-order valence-electron chi connectivity index (χ1n) is 10.8. The van der Waals surface area contributed by atoms with Crippen molar-refractivity contribution in [2.24, 2.45) is 11.8 Å². The van der Waals surface area contributed by atoms with Gasteiger partial charge >= 0.3 is 18.2 Å². The van der Waals surface area contributed by atoms with Gasteiger partial charge in [0.25, 0.3) is 0 Å². The Morgan fingerprint density at radius 2 is 1.88 bits per heavy atom. The van der Waals surface area contributed by atoms with Crippen molar-refractivity contribution in [2.75, 3.05) is 38.0 Å². The maximum atomic E-state index is 12.6. The molecule has 2 fully saturated rings. The number of aryl methyl sites for hydroxylation is 1. The van der Waals surface area contributed by atoms with E-state index in [0.29, 0.717) is 32.6 Å². The minimum Gasteiger partial charge on any atom is -0.481 e. The van der Waals surface area contributed by atoms with Gasteiger partial charge in [-0.2, -0.15) is 13.2 Å². The lowest BCUT2D eigenvalue weighted by Crippen LogP contribution is -2.39. The van der Waals surface area contributed by atoms with E-state index in [9.17, 15) is 22.8 Å². The Balaban J connectivity index is 1.52. The lowest BCUT2D eigenvalue weighted by molar-refractivity contribution is -0.199. The molecule has 1 aromatic rings. The van der Waals surface area contributed by atoms with Gasteiger partial charge in [-0.15, -0.1) is 0 Å². The van der Waals surface area contributed by atoms with Crippen LogP contribution >= 0.6 is 0 Å². The molecule has 0 saturated carbocycles. The molecule has 178 valence electrons. The molecule has 7 nitrogen and oxygen atoms in total. The van der Waals surface area contributed by atoms with Crippen LogP contribution in [0.3, 0.4) is 0 Å². The van der Waals surface area contributed by atoms with Gasteiger partial charge in [0, 0.05) is 51.4 Å². The smallest absolute Gasteiger partial charge is 0.425 e. The number of likely N-dealkylation sites (tertiary alicyclic amines) is 2. The van der Waals surface area contributed by atoms with Gasteiger partial charge in [-0.1, -0.05) is 12.1 Å². The predicted molar refractivity (Wildman–Crippen MR) is 112 cm³/mol. The summed E-state index contributed by atoms with van der Waals surface area (Å²) >= 11 is 0. The lowest BCUT2D eigenvalue weighted by atomic mass is 10.0. The SMILES string of the molecule is Cc1ccc(CN2CC3CN(C(=O)OC(C)C(F)(F)F)CC3C2)c(NCCCC(=O)O)c1. The number of hydrogen-bond acceptors (Lipinski definition) is 5. The molecule has 3 atom stereocenters. The van der Waals surface area contributed by atoms with E-state index in [2.05, 4.69) is 21.0 Å². The normalized spacial score (nSPS) is 22.0. The highest BCUT2D eigenvalue weighted by Gasteiger charge is 2.44. The predicted octanol–water partition coefficient (Wildman–Crippen LogP) is 3.72. The number of fused-ring (bicyclic) bond motifs is 1. The first-order valence-corrected chi connectivity index (χ1v) is 10.8. The van der Waals surface area contributed by atoms with Crippen LogP contribution in [0.25, 0.3) is 0 Å². The molecule has 0 bridgehead atoms. The number of hydrogen-bond donors (Lipinski definition) is 2. The van der Waals surface area contributed by atoms with Crippen molar-refractivity contribution in [2.45, 2.75) is 45.5 Å². The lowest BCUT2D eigenvalue weighted by Gasteiger charge is -2.24. The zero-order valence-corrected chi connectivity index (χ0v) is 18.3. The Morgan fingerprint density at radius 3 is 2.47 bits per heavy atom. The van der Waals surface area contributed by atoms with E-state index in [1.807, 2.05) is 19.1 Å². The average molecular weight is 457 g/mol. The molecular formula is C22H30F3N3O4. The second kappa shape index (κ2) is 9.97. The summed E-state index contributed by atoms with van der Waals surface area (Å²) in [5.41, 5.74) is 3.20. The third kappa shape index (κ3) is 6.27. The van der Waals surface area contributed by atoms with Crippen molar-refractivity contribution in [3.05, 3.63) is 29.3 Å². The van der Waals surface area contributed by atoms with Crippen LogP contribution in [0, 0.1) is 18.8 Å². The number of alkyl halides is 3. The molecule has 3 unspecified atom stereocenters. The van der Waals surface area contributed by atoms with E-state index in [4.69, 9.17) is 5.11 Å². The molecule has 2 aliphatic heterocycles. The van der Waals surface area contributed by atoms with Crippen LogP contribution in [0.5, 0.6) is 0 Å². The monoisotopic (exact) mass is 457 g/mol. The van der Waals surface area contributed by atoms with E-state index in [1.165, 1.54) is 4.90 Å². The highest BCUT2D eigenvalue weighted by molar-refractivity contribution is 5.68. The quantitative estimate of drug-likeness (QED) is 0.579. The van der Waals surface area contributed by atoms with Crippen molar-refractivity contribution in [3.8, 4) is 0 Å². The van der Waals surface area contributed by atoms with E-state index in [0.717, 1.165) is 36.8 Å². The molecule has 2 N–H and O–H groups in total. The third-order valence-electron chi connectivity index (χ3n) is 6.10. The molecular weight excluding hydrogens is 427 g/mol. The van der Waals surface area contributed by atoms with E-state index < -0.39 is 24.3 Å². The highest BCUT2D eigenvalue weighted by atomic mass is 19.4. The summed E-state index contributed by atoms with van der Waals surface area (Å²) in [5, 5.41) is 12.1. The molecule has 0 spiro atoms. The summed E-state index contributed by atoms with van der Waals surface area (Å²) < 4.78 is 42.5. The molecule has 10 heteroatoms. The van der Waals surface area contributed by atoms with Crippen molar-refractivity contribution in [1.29, 1.82) is 0 Å². The Bertz CT molecular complexity index is 819. The van der Waals surface area contributed by atoms with E-state index in [1.54, 1.807) is 0 Å². The van der Waals surface area contributed by atoms with Gasteiger partial charge in [0.15, 0.2) is 6.10 Å². The van der Waals surface area contributed by atoms with Gasteiger partial charge in [0.05, 0.1) is 0 Å². The number of anilines is 1. The number of carboxylic acids is 1. The van der Waals surface area contributed by atoms with Crippen LogP contribution in [-0.4, -0.2) is 72.0 Å². The van der Waals surface area contributed by atoms with Gasteiger partial charge < -0.3 is 20.1 Å². The Kier molecular flexibility index (Phi) is 7.53. The van der Waals surface area contributed by atoms with Crippen LogP contribution < -0.4 is 5.32 Å². The number of carbonyl (C=O) groups excluding carboxylic acids is 1. The van der Waals surface area contributed by atoms with E-state index in [-0.39, 0.29) is 18.3 Å². The zero-order valence-electron chi connectivity index (χ0n) is 18.3. The fourth-order valence-electron chi connectivity index (χ4n) is 4.36. The minimum atomic E-state index is -4.56. The molecule has 1 amide bonds.